The minimum Gasteiger partial charge on any atom is -0.468 e. The Balaban J connectivity index is 2.18. The highest BCUT2D eigenvalue weighted by Crippen LogP contribution is 2.36. The molecule has 3 aromatic rings. The smallest absolute Gasteiger partial charge is 0.325 e. The van der Waals surface area contributed by atoms with Crippen LogP contribution < -0.4 is 10.1 Å². The van der Waals surface area contributed by atoms with E-state index < -0.39 is 17.8 Å². The zero-order chi connectivity index (χ0) is 20.1. The summed E-state index contributed by atoms with van der Waals surface area (Å²) in [6, 6.07) is 14.3. The molecule has 0 bridgehead atoms. The summed E-state index contributed by atoms with van der Waals surface area (Å²) >= 11 is 0. The molecule has 1 aromatic heterocycles. The normalized spacial score (nSPS) is 10.4. The van der Waals surface area contributed by atoms with Crippen molar-refractivity contribution in [3.63, 3.8) is 0 Å². The van der Waals surface area contributed by atoms with Gasteiger partial charge in [0, 0.05) is 29.6 Å². The number of methoxy groups -OCH3 is 1. The van der Waals surface area contributed by atoms with Gasteiger partial charge in [-0.2, -0.15) is 0 Å². The van der Waals surface area contributed by atoms with Crippen LogP contribution in [0.3, 0.4) is 0 Å². The number of para-hydroxylation sites is 1. The Morgan fingerprint density at radius 2 is 1.75 bits per heavy atom. The monoisotopic (exact) mass is 378 g/mol. The number of hydrogen-bond donors (Lipinski definition) is 1. The average molecular weight is 378 g/mol. The molecular weight excluding hydrogens is 360 g/mol. The summed E-state index contributed by atoms with van der Waals surface area (Å²) in [6.07, 6.45) is 1.58. The molecule has 2 aromatic carbocycles. The Morgan fingerprint density at radius 3 is 2.50 bits per heavy atom. The Labute approximate surface area is 161 Å². The summed E-state index contributed by atoms with van der Waals surface area (Å²) in [4.78, 5) is 39.9. The van der Waals surface area contributed by atoms with Gasteiger partial charge in [0.15, 0.2) is 0 Å². The van der Waals surface area contributed by atoms with Gasteiger partial charge in [0.2, 0.25) is 0 Å². The van der Waals surface area contributed by atoms with E-state index in [0.717, 1.165) is 10.8 Å². The number of ether oxygens (including phenoxy) is 2. The van der Waals surface area contributed by atoms with Crippen molar-refractivity contribution in [1.82, 2.24) is 10.3 Å². The number of carbonyl (C=O) groups excluding carboxylic acids is 3. The summed E-state index contributed by atoms with van der Waals surface area (Å²) in [7, 11) is 1.24. The van der Waals surface area contributed by atoms with Gasteiger partial charge in [0.25, 0.3) is 5.91 Å². The van der Waals surface area contributed by atoms with Gasteiger partial charge in [-0.15, -0.1) is 0 Å². The fourth-order valence-corrected chi connectivity index (χ4v) is 2.83. The third-order valence-corrected chi connectivity index (χ3v) is 4.05. The first-order valence-corrected chi connectivity index (χ1v) is 8.52. The predicted molar refractivity (Wildman–Crippen MR) is 103 cm³/mol. The van der Waals surface area contributed by atoms with Gasteiger partial charge in [-0.3, -0.25) is 14.4 Å². The maximum absolute atomic E-state index is 12.7. The molecule has 0 radical (unpaired) electrons. The Kier molecular flexibility index (Phi) is 5.64. The van der Waals surface area contributed by atoms with Crippen LogP contribution in [-0.4, -0.2) is 36.5 Å². The molecule has 7 heteroatoms. The van der Waals surface area contributed by atoms with Crippen molar-refractivity contribution in [2.45, 2.75) is 6.92 Å². The number of nitrogens with zero attached hydrogens (tertiary/aromatic N) is 1. The van der Waals surface area contributed by atoms with Crippen molar-refractivity contribution in [1.29, 1.82) is 0 Å². The quantitative estimate of drug-likeness (QED) is 0.542. The van der Waals surface area contributed by atoms with E-state index in [1.54, 1.807) is 30.5 Å². The van der Waals surface area contributed by atoms with E-state index in [4.69, 9.17) is 4.74 Å². The van der Waals surface area contributed by atoms with Crippen molar-refractivity contribution in [2.24, 2.45) is 0 Å². The number of aromatic nitrogens is 1. The first-order chi connectivity index (χ1) is 13.5. The molecular formula is C21H18N2O5. The molecule has 142 valence electrons. The van der Waals surface area contributed by atoms with Crippen LogP contribution >= 0.6 is 0 Å². The second-order valence-corrected chi connectivity index (χ2v) is 5.92. The van der Waals surface area contributed by atoms with Gasteiger partial charge in [-0.25, -0.2) is 4.98 Å². The molecule has 28 heavy (non-hydrogen) atoms. The highest BCUT2D eigenvalue weighted by atomic mass is 16.5. The lowest BCUT2D eigenvalue weighted by molar-refractivity contribution is -0.139. The highest BCUT2D eigenvalue weighted by molar-refractivity contribution is 6.09. The molecule has 7 nitrogen and oxygen atoms in total. The zero-order valence-electron chi connectivity index (χ0n) is 15.4. The van der Waals surface area contributed by atoms with Crippen molar-refractivity contribution in [2.75, 3.05) is 13.7 Å². The van der Waals surface area contributed by atoms with E-state index in [2.05, 4.69) is 15.0 Å². The van der Waals surface area contributed by atoms with E-state index in [1.807, 2.05) is 24.3 Å². The maximum atomic E-state index is 12.7. The second kappa shape index (κ2) is 8.30. The molecule has 3 rings (SSSR count). The number of fused-ring (bicyclic) bond motifs is 1. The molecule has 0 saturated carbocycles. The van der Waals surface area contributed by atoms with Gasteiger partial charge in [-0.05, 0) is 11.5 Å². The fourth-order valence-electron chi connectivity index (χ4n) is 2.83. The minimum atomic E-state index is -0.573. The predicted octanol–water partition coefficient (Wildman–Crippen LogP) is 2.73. The van der Waals surface area contributed by atoms with Crippen LogP contribution in [0, 0.1) is 0 Å². The number of carbonyl (C=O) groups is 3. The maximum Gasteiger partial charge on any atom is 0.325 e. The van der Waals surface area contributed by atoms with E-state index in [1.165, 1.54) is 14.0 Å². The number of esters is 2. The summed E-state index contributed by atoms with van der Waals surface area (Å²) in [6.45, 7) is 1.02. The highest BCUT2D eigenvalue weighted by Gasteiger charge is 2.21. The lowest BCUT2D eigenvalue weighted by Gasteiger charge is -2.15. The molecule has 0 fully saturated rings. The first-order valence-electron chi connectivity index (χ1n) is 8.52. The van der Waals surface area contributed by atoms with E-state index in [0.29, 0.717) is 16.9 Å². The molecule has 0 aliphatic rings. The Morgan fingerprint density at radius 1 is 1.04 bits per heavy atom. The average Bonchev–Trinajstić information content (AvgIpc) is 2.71. The number of rotatable bonds is 5. The summed E-state index contributed by atoms with van der Waals surface area (Å²) in [5, 5.41) is 4.08. The molecule has 0 atom stereocenters. The molecule has 1 N–H and O–H groups in total. The first kappa shape index (κ1) is 19.0. The van der Waals surface area contributed by atoms with E-state index >= 15 is 0 Å². The van der Waals surface area contributed by atoms with Crippen LogP contribution in [0.15, 0.2) is 54.7 Å². The summed E-state index contributed by atoms with van der Waals surface area (Å²) in [5.41, 5.74) is 1.17. The number of benzene rings is 2. The van der Waals surface area contributed by atoms with Gasteiger partial charge in [0.05, 0.1) is 7.11 Å². The van der Waals surface area contributed by atoms with E-state index in [-0.39, 0.29) is 12.2 Å². The van der Waals surface area contributed by atoms with Gasteiger partial charge >= 0.3 is 11.9 Å². The largest absolute Gasteiger partial charge is 0.468 e. The number of hydrogen-bond acceptors (Lipinski definition) is 6. The molecule has 0 aliphatic heterocycles. The number of pyridine rings is 1. The Hall–Kier alpha value is -3.74. The molecule has 1 heterocycles. The summed E-state index contributed by atoms with van der Waals surface area (Å²) < 4.78 is 9.88. The Bertz CT molecular complexity index is 1060. The van der Waals surface area contributed by atoms with Crippen LogP contribution in [0.5, 0.6) is 5.75 Å². The topological polar surface area (TPSA) is 94.6 Å². The van der Waals surface area contributed by atoms with Gasteiger partial charge in [-0.1, -0.05) is 42.5 Å². The van der Waals surface area contributed by atoms with Gasteiger partial charge < -0.3 is 14.8 Å². The third-order valence-electron chi connectivity index (χ3n) is 4.05. The zero-order valence-corrected chi connectivity index (χ0v) is 15.4. The standard InChI is InChI=1S/C21H18N2O5/c1-13(24)28-17-10-6-5-9-16(17)19-15-8-4-3-7-14(15)11-22-20(19)21(26)23-12-18(25)27-2/h3-11H,12H2,1-2H3,(H,23,26). The van der Waals surface area contributed by atoms with Gasteiger partial charge in [0.1, 0.15) is 18.0 Å². The van der Waals surface area contributed by atoms with Crippen LogP contribution in [0.2, 0.25) is 0 Å². The molecule has 0 spiro atoms. The minimum absolute atomic E-state index is 0.113. The van der Waals surface area contributed by atoms with Crippen molar-refractivity contribution in [3.8, 4) is 16.9 Å². The second-order valence-electron chi connectivity index (χ2n) is 5.92. The molecule has 0 unspecified atom stereocenters. The van der Waals surface area contributed by atoms with Crippen molar-refractivity contribution < 1.29 is 23.9 Å². The van der Waals surface area contributed by atoms with Crippen molar-refractivity contribution in [3.05, 3.63) is 60.4 Å². The lowest BCUT2D eigenvalue weighted by Crippen LogP contribution is -2.31. The van der Waals surface area contributed by atoms with E-state index in [9.17, 15) is 14.4 Å². The molecule has 1 amide bonds. The lowest BCUT2D eigenvalue weighted by atomic mass is 9.96. The molecule has 0 saturated heterocycles. The summed E-state index contributed by atoms with van der Waals surface area (Å²) in [5.74, 6) is -1.27. The third kappa shape index (κ3) is 3.98. The van der Waals surface area contributed by atoms with Crippen LogP contribution in [-0.2, 0) is 14.3 Å². The van der Waals surface area contributed by atoms with Crippen LogP contribution in [0.4, 0.5) is 0 Å². The van der Waals surface area contributed by atoms with Crippen molar-refractivity contribution >= 4 is 28.6 Å². The van der Waals surface area contributed by atoms with Crippen LogP contribution in [0.1, 0.15) is 17.4 Å². The number of nitrogens with one attached hydrogen (secondary N) is 1. The van der Waals surface area contributed by atoms with Crippen LogP contribution in [0.25, 0.3) is 21.9 Å². The fraction of sp³-hybridized carbons (Fsp3) is 0.143. The number of amides is 1. The molecule has 0 aliphatic carbocycles. The SMILES string of the molecule is COC(=O)CNC(=O)c1ncc2ccccc2c1-c1ccccc1OC(C)=O.